The van der Waals surface area contributed by atoms with Gasteiger partial charge in [-0.1, -0.05) is 113 Å². The van der Waals surface area contributed by atoms with Crippen molar-refractivity contribution in [3.05, 3.63) is 401 Å². The molecule has 572 valence electrons. The van der Waals surface area contributed by atoms with Gasteiger partial charge < -0.3 is 5.73 Å². The highest BCUT2D eigenvalue weighted by Gasteiger charge is 2.20. The molecule has 0 aliphatic carbocycles. The zero-order valence-electron chi connectivity index (χ0n) is 61.6. The van der Waals surface area contributed by atoms with Crippen LogP contribution in [0.1, 0.15) is 5.69 Å². The van der Waals surface area contributed by atoms with Crippen LogP contribution >= 0.6 is 46.4 Å². The molecule has 0 aliphatic rings. The molecular weight excluding hydrogens is 1580 g/mol. The molecule has 20 aromatic rings. The van der Waals surface area contributed by atoms with Crippen LogP contribution in [-0.2, 0) is 0 Å². The number of fused-ring (bicyclic) bond motifs is 12. The Morgan fingerprint density at radius 1 is 0.280 bits per heavy atom. The summed E-state index contributed by atoms with van der Waals surface area (Å²) < 4.78 is 61.0. The van der Waals surface area contributed by atoms with E-state index in [1.54, 1.807) is 101 Å². The number of nitrogens with zero attached hydrogens (tertiary/aromatic N) is 11. The van der Waals surface area contributed by atoms with Crippen LogP contribution in [0.2, 0.25) is 20.1 Å². The third-order valence-corrected chi connectivity index (χ3v) is 21.1. The first-order valence-corrected chi connectivity index (χ1v) is 38.0. The highest BCUT2D eigenvalue weighted by Crippen LogP contribution is 2.37. The standard InChI is InChI=1S/C24H15ClFN3O.C24H14ClFN2O.C23H14ClFN4O.C23H13ClFN3O/c1-14-2-3-16(12-27-14)15-4-8-22-19(10-15)24-17(13-28-22)5-9-23(30)29(24)18-6-7-21(26)20(25)11-18;25-20-13-18(8-9-21(20)26)28-23(29)11-7-17-14-27-22-10-6-16(12-19(22)24(17)28)15-4-2-1-3-5-15;24-18-10-16(4-5-19(18)25)29-22(30)8-3-15-12-27-20-6-1-13(9-17(20)23(15)29)14-2-7-21(26)28-11-14;24-19-11-17(5-6-20(19)25)28-22(29)8-4-16-13-27-21-7-3-14(10-18(21)23(16)28)15-2-1-9-26-12-15/h2-13H,1H3;1-14H;1-12H,(H2,26,28);1-13H. The summed E-state index contributed by atoms with van der Waals surface area (Å²) in [6.07, 6.45) is 13.9. The lowest BCUT2D eigenvalue weighted by molar-refractivity contribution is 0.627. The first-order valence-electron chi connectivity index (χ1n) is 36.5. The molecule has 0 radical (unpaired) electrons. The molecule has 0 atom stereocenters. The number of rotatable bonds is 8. The fourth-order valence-corrected chi connectivity index (χ4v) is 15.0. The molecule has 0 saturated heterocycles. The Balaban J connectivity index is 0.000000113. The predicted molar refractivity (Wildman–Crippen MR) is 464 cm³/mol. The molecule has 0 unspecified atom stereocenters. The predicted octanol–water partition coefficient (Wildman–Crippen LogP) is 22.1. The van der Waals surface area contributed by atoms with Crippen molar-refractivity contribution in [3.63, 3.8) is 0 Å². The van der Waals surface area contributed by atoms with Crippen molar-refractivity contribution in [1.29, 1.82) is 0 Å². The van der Waals surface area contributed by atoms with E-state index in [2.05, 4.69) is 34.9 Å². The van der Waals surface area contributed by atoms with Crippen molar-refractivity contribution in [2.75, 3.05) is 5.73 Å². The molecule has 0 bridgehead atoms. The molecular formula is C94H56Cl4F4N12O4. The SMILES string of the molecule is Cc1ccc(-c2ccc3ncc4ccc(=O)n(-c5ccc(F)c(Cl)c5)c4c3c2)cn1.Nc1ccc(-c2ccc3ncc4ccc(=O)n(-c5ccc(F)c(Cl)c5)c4c3c2)cn1.O=c1ccc2cnc3ccc(-c4ccccc4)cc3c2n1-c1ccc(F)c(Cl)c1.O=c1ccc2cnc3ccc(-c4cccnc4)cc3c2n1-c1ccc(F)c(Cl)c1. The lowest BCUT2D eigenvalue weighted by Gasteiger charge is -2.14. The maximum Gasteiger partial charge on any atom is 0.255 e. The van der Waals surface area contributed by atoms with E-state index in [1.165, 1.54) is 88.0 Å². The maximum absolute atomic E-state index is 13.7. The second-order valence-electron chi connectivity index (χ2n) is 27.4. The van der Waals surface area contributed by atoms with Gasteiger partial charge in [-0.15, -0.1) is 0 Å². The van der Waals surface area contributed by atoms with Gasteiger partial charge in [-0.05, 0) is 205 Å². The van der Waals surface area contributed by atoms with E-state index in [9.17, 15) is 36.7 Å². The molecule has 16 nitrogen and oxygen atoms in total. The molecule has 0 fully saturated rings. The topological polar surface area (TPSA) is 204 Å². The largest absolute Gasteiger partial charge is 0.384 e. The smallest absolute Gasteiger partial charge is 0.255 e. The van der Waals surface area contributed by atoms with Crippen molar-refractivity contribution >= 4 is 139 Å². The van der Waals surface area contributed by atoms with Gasteiger partial charge in [-0.25, -0.2) is 22.5 Å². The second kappa shape index (κ2) is 32.1. The van der Waals surface area contributed by atoms with Crippen LogP contribution < -0.4 is 28.0 Å². The third kappa shape index (κ3) is 15.0. The van der Waals surface area contributed by atoms with Gasteiger partial charge in [0.2, 0.25) is 0 Å². The van der Waals surface area contributed by atoms with E-state index in [4.69, 9.17) is 52.1 Å². The Morgan fingerprint density at radius 2 is 0.585 bits per heavy atom. The average Bonchev–Trinajstić information content (AvgIpc) is 0.765. The minimum Gasteiger partial charge on any atom is -0.384 e. The summed E-state index contributed by atoms with van der Waals surface area (Å²) in [6.45, 7) is 1.94. The van der Waals surface area contributed by atoms with Crippen molar-refractivity contribution in [2.45, 2.75) is 6.92 Å². The quantitative estimate of drug-likeness (QED) is 0.111. The van der Waals surface area contributed by atoms with Gasteiger partial charge >= 0.3 is 0 Å². The molecule has 2 N–H and O–H groups in total. The van der Waals surface area contributed by atoms with Crippen LogP contribution in [0.4, 0.5) is 23.4 Å². The van der Waals surface area contributed by atoms with Gasteiger partial charge in [0, 0.05) is 139 Å². The van der Waals surface area contributed by atoms with Crippen molar-refractivity contribution in [2.24, 2.45) is 0 Å². The van der Waals surface area contributed by atoms with Crippen molar-refractivity contribution in [3.8, 4) is 67.3 Å². The lowest BCUT2D eigenvalue weighted by Crippen LogP contribution is -2.17. The van der Waals surface area contributed by atoms with E-state index in [-0.39, 0.29) is 42.3 Å². The van der Waals surface area contributed by atoms with Gasteiger partial charge in [-0.3, -0.25) is 67.4 Å². The minimum atomic E-state index is -0.543. The van der Waals surface area contributed by atoms with Gasteiger partial charge in [0.1, 0.15) is 29.1 Å². The van der Waals surface area contributed by atoms with E-state index in [0.29, 0.717) is 50.6 Å². The number of nitrogens with two attached hydrogens (primary N) is 1. The summed E-state index contributed by atoms with van der Waals surface area (Å²) in [5, 5.41) is 6.23. The molecule has 20 rings (SSSR count). The number of halogens is 8. The van der Waals surface area contributed by atoms with Gasteiger partial charge in [0.15, 0.2) is 0 Å². The Bertz CT molecular complexity index is 7240. The number of pyridine rings is 11. The van der Waals surface area contributed by atoms with Crippen LogP contribution in [0, 0.1) is 30.2 Å². The zero-order chi connectivity index (χ0) is 81.6. The van der Waals surface area contributed by atoms with E-state index in [1.807, 2.05) is 147 Å². The van der Waals surface area contributed by atoms with Crippen LogP contribution in [0.25, 0.3) is 154 Å². The third-order valence-electron chi connectivity index (χ3n) is 20.0. The highest BCUT2D eigenvalue weighted by molar-refractivity contribution is 6.32. The molecule has 9 aromatic carbocycles. The molecule has 0 amide bonds. The van der Waals surface area contributed by atoms with Crippen LogP contribution in [0.15, 0.2) is 330 Å². The molecule has 0 spiro atoms. The molecule has 0 aliphatic heterocycles. The fraction of sp³-hybridized carbons (Fsp3) is 0.0106. The number of hydrogen-bond donors (Lipinski definition) is 1. The molecule has 11 heterocycles. The monoisotopic (exact) mass is 1630 g/mol. The van der Waals surface area contributed by atoms with E-state index >= 15 is 0 Å². The highest BCUT2D eigenvalue weighted by atomic mass is 35.5. The number of benzene rings is 9. The Hall–Kier alpha value is -14.4. The first kappa shape index (κ1) is 76.2. The van der Waals surface area contributed by atoms with Gasteiger partial charge in [-0.2, -0.15) is 0 Å². The van der Waals surface area contributed by atoms with E-state index in [0.717, 1.165) is 115 Å². The Kier molecular flexibility index (Phi) is 20.7. The van der Waals surface area contributed by atoms with Gasteiger partial charge in [0.05, 0.1) is 87.0 Å². The minimum absolute atomic E-state index is 0.0326. The summed E-state index contributed by atoms with van der Waals surface area (Å²) in [5.74, 6) is -1.70. The van der Waals surface area contributed by atoms with Crippen LogP contribution in [0.3, 0.4) is 0 Å². The Morgan fingerprint density at radius 3 is 0.881 bits per heavy atom. The molecule has 24 heteroatoms. The average molecular weight is 1640 g/mol. The van der Waals surface area contributed by atoms with Crippen LogP contribution in [-0.4, -0.2) is 53.2 Å². The van der Waals surface area contributed by atoms with Gasteiger partial charge in [0.25, 0.3) is 22.2 Å². The molecule has 118 heavy (non-hydrogen) atoms. The summed E-state index contributed by atoms with van der Waals surface area (Å²) >= 11 is 23.9. The maximum atomic E-state index is 13.7. The summed E-state index contributed by atoms with van der Waals surface area (Å²) in [6, 6.07) is 74.8. The first-order chi connectivity index (χ1) is 57.2. The molecule has 0 saturated carbocycles. The van der Waals surface area contributed by atoms with Crippen molar-refractivity contribution < 1.29 is 17.6 Å². The number of anilines is 1. The number of nitrogen functional groups attached to an aromatic ring is 1. The van der Waals surface area contributed by atoms with Crippen molar-refractivity contribution in [1.82, 2.24) is 53.2 Å². The second-order valence-corrected chi connectivity index (χ2v) is 29.0. The fourth-order valence-electron chi connectivity index (χ4n) is 14.3. The number of hydrogen-bond acceptors (Lipinski definition) is 12. The summed E-state index contributed by atoms with van der Waals surface area (Å²) in [5.41, 5.74) is 21.1. The molecule has 11 aromatic heterocycles. The summed E-state index contributed by atoms with van der Waals surface area (Å²) in [7, 11) is 0. The normalized spacial score (nSPS) is 11.3. The summed E-state index contributed by atoms with van der Waals surface area (Å²) in [4.78, 5) is 82.2. The Labute approximate surface area is 686 Å². The van der Waals surface area contributed by atoms with E-state index < -0.39 is 23.3 Å². The number of aryl methyl sites for hydroxylation is 1. The number of aromatic nitrogens is 11. The lowest BCUT2D eigenvalue weighted by atomic mass is 10.0. The van der Waals surface area contributed by atoms with Crippen LogP contribution in [0.5, 0.6) is 0 Å². The zero-order valence-corrected chi connectivity index (χ0v) is 64.6.